The Balaban J connectivity index is 0.00000225. The van der Waals surface area contributed by atoms with Gasteiger partial charge in [0, 0.05) is 19.8 Å². The van der Waals surface area contributed by atoms with Gasteiger partial charge in [-0.2, -0.15) is 6.42 Å². The Kier molecular flexibility index (Phi) is 7.63. The maximum atomic E-state index is 3.93. The van der Waals surface area contributed by atoms with Crippen molar-refractivity contribution in [1.82, 2.24) is 0 Å². The zero-order valence-electron chi connectivity index (χ0n) is 11.2. The fourth-order valence-electron chi connectivity index (χ4n) is 1.52. The van der Waals surface area contributed by atoms with Gasteiger partial charge >= 0.3 is 18.9 Å². The minimum Gasteiger partial charge on any atom is -0.378 e. The van der Waals surface area contributed by atoms with Gasteiger partial charge in [0.05, 0.1) is 0 Å². The number of benzene rings is 1. The first-order valence-electron chi connectivity index (χ1n) is 5.69. The minimum absolute atomic E-state index is 0. The van der Waals surface area contributed by atoms with Gasteiger partial charge in [-0.1, -0.05) is 25.0 Å². The standard InChI is InChI=1S/C14H22N.Li/c1-5-12(2)6-7-13-8-10-14(11-9-13)15(3)4;/h8-12H,1,5-7H2,2-4H3;/q-1;+1. The van der Waals surface area contributed by atoms with Crippen LogP contribution in [0.2, 0.25) is 0 Å². The maximum Gasteiger partial charge on any atom is 1.00 e. The summed E-state index contributed by atoms with van der Waals surface area (Å²) >= 11 is 0. The molecule has 0 aliphatic carbocycles. The Morgan fingerprint density at radius 1 is 1.19 bits per heavy atom. The largest absolute Gasteiger partial charge is 1.00 e. The van der Waals surface area contributed by atoms with E-state index in [2.05, 4.69) is 57.1 Å². The first-order valence-corrected chi connectivity index (χ1v) is 5.69. The van der Waals surface area contributed by atoms with Gasteiger partial charge in [-0.05, 0) is 30.5 Å². The average Bonchev–Trinajstić information content (AvgIpc) is 2.26. The van der Waals surface area contributed by atoms with Gasteiger partial charge in [0.1, 0.15) is 0 Å². The molecule has 0 fully saturated rings. The van der Waals surface area contributed by atoms with Crippen LogP contribution in [0.1, 0.15) is 25.3 Å². The summed E-state index contributed by atoms with van der Waals surface area (Å²) in [6.07, 6.45) is 3.45. The van der Waals surface area contributed by atoms with E-state index in [-0.39, 0.29) is 18.9 Å². The molecule has 0 saturated heterocycles. The maximum absolute atomic E-state index is 3.93. The Hall–Kier alpha value is -0.383. The molecule has 2 heteroatoms. The summed E-state index contributed by atoms with van der Waals surface area (Å²) < 4.78 is 0. The van der Waals surface area contributed by atoms with Gasteiger partial charge in [0.25, 0.3) is 0 Å². The van der Waals surface area contributed by atoms with Crippen molar-refractivity contribution in [2.75, 3.05) is 19.0 Å². The second kappa shape index (κ2) is 7.82. The van der Waals surface area contributed by atoms with Crippen LogP contribution in [0.25, 0.3) is 0 Å². The summed E-state index contributed by atoms with van der Waals surface area (Å²) in [7, 11) is 4.14. The summed E-state index contributed by atoms with van der Waals surface area (Å²) in [4.78, 5) is 2.13. The van der Waals surface area contributed by atoms with Gasteiger partial charge in [-0.3, -0.25) is 0 Å². The first-order chi connectivity index (χ1) is 7.13. The Morgan fingerprint density at radius 3 is 2.19 bits per heavy atom. The summed E-state index contributed by atoms with van der Waals surface area (Å²) in [6.45, 7) is 6.19. The van der Waals surface area contributed by atoms with Crippen LogP contribution in [-0.2, 0) is 6.42 Å². The number of nitrogens with zero attached hydrogens (tertiary/aromatic N) is 1. The molecule has 1 atom stereocenters. The number of aryl methyl sites for hydroxylation is 1. The SMILES string of the molecule is [CH2-]CC(C)CCc1ccc(N(C)C)cc1.[Li+]. The second-order valence-electron chi connectivity index (χ2n) is 4.49. The molecule has 1 nitrogen and oxygen atoms in total. The third-order valence-electron chi connectivity index (χ3n) is 2.87. The van der Waals surface area contributed by atoms with E-state index in [9.17, 15) is 0 Å². The molecule has 1 aromatic rings. The van der Waals surface area contributed by atoms with Gasteiger partial charge in [0.15, 0.2) is 0 Å². The van der Waals surface area contributed by atoms with Crippen LogP contribution in [0, 0.1) is 12.8 Å². The smallest absolute Gasteiger partial charge is 0.378 e. The average molecular weight is 211 g/mol. The number of hydrogen-bond acceptors (Lipinski definition) is 1. The monoisotopic (exact) mass is 211 g/mol. The molecule has 0 amide bonds. The van der Waals surface area contributed by atoms with Crippen LogP contribution in [-0.4, -0.2) is 14.1 Å². The van der Waals surface area contributed by atoms with Crippen molar-refractivity contribution in [2.24, 2.45) is 5.92 Å². The van der Waals surface area contributed by atoms with Crippen LogP contribution in [0.4, 0.5) is 5.69 Å². The number of anilines is 1. The molecule has 0 heterocycles. The van der Waals surface area contributed by atoms with Crippen molar-refractivity contribution in [3.05, 3.63) is 36.8 Å². The Bertz CT molecular complexity index is 279. The predicted octanol–water partition coefficient (Wildman–Crippen LogP) is 0.549. The fourth-order valence-corrected chi connectivity index (χ4v) is 1.52. The normalized spacial score (nSPS) is 11.8. The molecular formula is C14H22LiN. The molecule has 0 N–H and O–H groups in total. The van der Waals surface area contributed by atoms with E-state index in [4.69, 9.17) is 0 Å². The van der Waals surface area contributed by atoms with Crippen molar-refractivity contribution in [2.45, 2.75) is 26.2 Å². The van der Waals surface area contributed by atoms with E-state index < -0.39 is 0 Å². The molecule has 1 unspecified atom stereocenters. The third kappa shape index (κ3) is 5.10. The molecule has 0 aliphatic heterocycles. The molecule has 84 valence electrons. The molecule has 0 radical (unpaired) electrons. The summed E-state index contributed by atoms with van der Waals surface area (Å²) in [5.74, 6) is 0.735. The van der Waals surface area contributed by atoms with Crippen molar-refractivity contribution in [1.29, 1.82) is 0 Å². The quantitative estimate of drug-likeness (QED) is 0.508. The summed E-state index contributed by atoms with van der Waals surface area (Å²) in [6, 6.07) is 8.82. The summed E-state index contributed by atoms with van der Waals surface area (Å²) in [5, 5.41) is 0. The number of rotatable bonds is 5. The molecular weight excluding hydrogens is 189 g/mol. The zero-order chi connectivity index (χ0) is 11.3. The Labute approximate surface area is 112 Å². The van der Waals surface area contributed by atoms with E-state index >= 15 is 0 Å². The second-order valence-corrected chi connectivity index (χ2v) is 4.49. The van der Waals surface area contributed by atoms with Crippen molar-refractivity contribution < 1.29 is 18.9 Å². The Morgan fingerprint density at radius 2 is 1.75 bits per heavy atom. The first kappa shape index (κ1) is 15.6. The molecule has 16 heavy (non-hydrogen) atoms. The van der Waals surface area contributed by atoms with Crippen molar-refractivity contribution in [3.8, 4) is 0 Å². The van der Waals surface area contributed by atoms with Gasteiger partial charge < -0.3 is 11.8 Å². The van der Waals surface area contributed by atoms with E-state index in [1.807, 2.05) is 0 Å². The minimum atomic E-state index is 0. The zero-order valence-corrected chi connectivity index (χ0v) is 11.2. The van der Waals surface area contributed by atoms with Crippen LogP contribution >= 0.6 is 0 Å². The molecule has 0 saturated carbocycles. The van der Waals surface area contributed by atoms with E-state index in [1.165, 1.54) is 24.1 Å². The van der Waals surface area contributed by atoms with Crippen LogP contribution < -0.4 is 23.8 Å². The predicted molar refractivity (Wildman–Crippen MR) is 68.2 cm³/mol. The van der Waals surface area contributed by atoms with Crippen LogP contribution in [0.5, 0.6) is 0 Å². The van der Waals surface area contributed by atoms with E-state index in [0.29, 0.717) is 0 Å². The van der Waals surface area contributed by atoms with Crippen LogP contribution in [0.15, 0.2) is 24.3 Å². The van der Waals surface area contributed by atoms with Gasteiger partial charge in [-0.15, -0.1) is 0 Å². The molecule has 0 aromatic heterocycles. The molecule has 0 aliphatic rings. The molecule has 1 rings (SSSR count). The van der Waals surface area contributed by atoms with E-state index in [0.717, 1.165) is 12.3 Å². The topological polar surface area (TPSA) is 3.24 Å². The number of hydrogen-bond donors (Lipinski definition) is 0. The van der Waals surface area contributed by atoms with Gasteiger partial charge in [0.2, 0.25) is 0 Å². The molecule has 1 aromatic carbocycles. The van der Waals surface area contributed by atoms with E-state index in [1.54, 1.807) is 0 Å². The fraction of sp³-hybridized carbons (Fsp3) is 0.500. The van der Waals surface area contributed by atoms with Gasteiger partial charge in [-0.25, -0.2) is 0 Å². The summed E-state index contributed by atoms with van der Waals surface area (Å²) in [5.41, 5.74) is 2.70. The van der Waals surface area contributed by atoms with Crippen LogP contribution in [0.3, 0.4) is 0 Å². The molecule has 0 spiro atoms. The van der Waals surface area contributed by atoms with Crippen molar-refractivity contribution >= 4 is 5.69 Å². The molecule has 0 bridgehead atoms. The third-order valence-corrected chi connectivity index (χ3v) is 2.87. The van der Waals surface area contributed by atoms with Crippen molar-refractivity contribution in [3.63, 3.8) is 0 Å².